The van der Waals surface area contributed by atoms with E-state index in [1.165, 1.54) is 13.4 Å². The summed E-state index contributed by atoms with van der Waals surface area (Å²) in [5.74, 6) is -0.396. The van der Waals surface area contributed by atoms with Crippen LogP contribution in [0.5, 0.6) is 5.75 Å². The van der Waals surface area contributed by atoms with Crippen molar-refractivity contribution in [1.82, 2.24) is 10.6 Å². The Morgan fingerprint density at radius 2 is 2.04 bits per heavy atom. The summed E-state index contributed by atoms with van der Waals surface area (Å²) in [7, 11) is 1.47. The topological polar surface area (TPSA) is 107 Å². The van der Waals surface area contributed by atoms with E-state index in [9.17, 15) is 14.4 Å². The van der Waals surface area contributed by atoms with Crippen LogP contribution >= 0.6 is 11.6 Å². The van der Waals surface area contributed by atoms with Gasteiger partial charge in [0.05, 0.1) is 26.3 Å². The van der Waals surface area contributed by atoms with E-state index in [4.69, 9.17) is 25.5 Å². The number of imide groups is 1. The Kier molecular flexibility index (Phi) is 7.04. The molecule has 9 heteroatoms. The standard InChI is InChI=1S/C17H17ClN2O6/c1-24-14-5-4-12(18)7-11(14)8-16(22)26-10-15(21)20-17(23)19-9-13-3-2-6-25-13/h2-7H,8-10H2,1H3,(H2,19,20,21,23). The predicted octanol–water partition coefficient (Wildman–Crippen LogP) is 2.05. The molecule has 2 rings (SSSR count). The maximum absolute atomic E-state index is 11.8. The van der Waals surface area contributed by atoms with E-state index in [1.54, 1.807) is 30.3 Å². The molecule has 0 radical (unpaired) electrons. The Morgan fingerprint density at radius 1 is 1.23 bits per heavy atom. The Bertz CT molecular complexity index is 776. The molecule has 0 atom stereocenters. The van der Waals surface area contributed by atoms with Crippen LogP contribution < -0.4 is 15.4 Å². The molecule has 26 heavy (non-hydrogen) atoms. The first-order chi connectivity index (χ1) is 12.5. The number of carbonyl (C=O) groups is 3. The van der Waals surface area contributed by atoms with Gasteiger partial charge in [0.15, 0.2) is 6.61 Å². The SMILES string of the molecule is COc1ccc(Cl)cc1CC(=O)OCC(=O)NC(=O)NCc1ccco1. The van der Waals surface area contributed by atoms with Gasteiger partial charge in [-0.05, 0) is 30.3 Å². The molecule has 0 fully saturated rings. The minimum Gasteiger partial charge on any atom is -0.496 e. The van der Waals surface area contributed by atoms with Crippen LogP contribution in [0, 0.1) is 0 Å². The fourth-order valence-corrected chi connectivity index (χ4v) is 2.22. The van der Waals surface area contributed by atoms with E-state index in [-0.39, 0.29) is 13.0 Å². The van der Waals surface area contributed by atoms with E-state index in [0.717, 1.165) is 0 Å². The number of ether oxygens (including phenoxy) is 2. The molecule has 138 valence electrons. The van der Waals surface area contributed by atoms with Crippen molar-refractivity contribution in [2.45, 2.75) is 13.0 Å². The van der Waals surface area contributed by atoms with Crippen molar-refractivity contribution >= 4 is 29.5 Å². The fourth-order valence-electron chi connectivity index (χ4n) is 2.03. The lowest BCUT2D eigenvalue weighted by Crippen LogP contribution is -2.41. The second-order valence-corrected chi connectivity index (χ2v) is 5.54. The fraction of sp³-hybridized carbons (Fsp3) is 0.235. The summed E-state index contributed by atoms with van der Waals surface area (Å²) >= 11 is 5.89. The summed E-state index contributed by atoms with van der Waals surface area (Å²) in [4.78, 5) is 35.0. The van der Waals surface area contributed by atoms with E-state index < -0.39 is 24.5 Å². The third-order valence-corrected chi connectivity index (χ3v) is 3.43. The number of amides is 3. The molecular weight excluding hydrogens is 364 g/mol. The lowest BCUT2D eigenvalue weighted by molar-refractivity contribution is -0.147. The Morgan fingerprint density at radius 3 is 2.73 bits per heavy atom. The first-order valence-electron chi connectivity index (χ1n) is 7.56. The molecule has 0 aliphatic carbocycles. The molecule has 0 saturated heterocycles. The zero-order chi connectivity index (χ0) is 18.9. The van der Waals surface area contributed by atoms with Crippen molar-refractivity contribution in [1.29, 1.82) is 0 Å². The Hall–Kier alpha value is -3.00. The van der Waals surface area contributed by atoms with Gasteiger partial charge in [-0.1, -0.05) is 11.6 Å². The minimum atomic E-state index is -0.756. The molecule has 8 nitrogen and oxygen atoms in total. The molecule has 2 aromatic rings. The summed E-state index contributed by atoms with van der Waals surface area (Å²) < 4.78 is 15.0. The average molecular weight is 381 g/mol. The van der Waals surface area contributed by atoms with Gasteiger partial charge in [0.25, 0.3) is 5.91 Å². The van der Waals surface area contributed by atoms with Gasteiger partial charge in [-0.2, -0.15) is 0 Å². The molecule has 1 aromatic heterocycles. The van der Waals surface area contributed by atoms with Gasteiger partial charge >= 0.3 is 12.0 Å². The second kappa shape index (κ2) is 9.47. The molecule has 0 spiro atoms. The van der Waals surface area contributed by atoms with Crippen LogP contribution in [0.15, 0.2) is 41.0 Å². The molecule has 3 amide bonds. The average Bonchev–Trinajstić information content (AvgIpc) is 3.12. The number of methoxy groups -OCH3 is 1. The Labute approximate surface area is 154 Å². The number of hydrogen-bond donors (Lipinski definition) is 2. The maximum Gasteiger partial charge on any atom is 0.321 e. The van der Waals surface area contributed by atoms with Gasteiger partial charge in [-0.15, -0.1) is 0 Å². The molecule has 0 aliphatic heterocycles. The number of halogens is 1. The van der Waals surface area contributed by atoms with Gasteiger partial charge in [0.2, 0.25) is 0 Å². The summed E-state index contributed by atoms with van der Waals surface area (Å²) in [5.41, 5.74) is 0.529. The highest BCUT2D eigenvalue weighted by Gasteiger charge is 2.14. The lowest BCUT2D eigenvalue weighted by Gasteiger charge is -2.09. The molecule has 1 heterocycles. The van der Waals surface area contributed by atoms with E-state index in [0.29, 0.717) is 22.1 Å². The molecule has 0 saturated carbocycles. The van der Waals surface area contributed by atoms with Gasteiger partial charge in [0, 0.05) is 10.6 Å². The van der Waals surface area contributed by atoms with Crippen molar-refractivity contribution < 1.29 is 28.3 Å². The number of carbonyl (C=O) groups excluding carboxylic acids is 3. The highest BCUT2D eigenvalue weighted by atomic mass is 35.5. The number of benzene rings is 1. The van der Waals surface area contributed by atoms with Crippen LogP contribution in [0.1, 0.15) is 11.3 Å². The minimum absolute atomic E-state index is 0.123. The summed E-state index contributed by atoms with van der Waals surface area (Å²) in [6.45, 7) is -0.462. The first kappa shape index (κ1) is 19.3. The zero-order valence-electron chi connectivity index (χ0n) is 13.9. The second-order valence-electron chi connectivity index (χ2n) is 5.10. The quantitative estimate of drug-likeness (QED) is 0.712. The number of furan rings is 1. The first-order valence-corrected chi connectivity index (χ1v) is 7.94. The van der Waals surface area contributed by atoms with Crippen molar-refractivity contribution in [2.24, 2.45) is 0 Å². The number of nitrogens with one attached hydrogen (secondary N) is 2. The maximum atomic E-state index is 11.8. The largest absolute Gasteiger partial charge is 0.496 e. The Balaban J connectivity index is 1.73. The summed E-state index contributed by atoms with van der Waals surface area (Å²) in [6.07, 6.45) is 1.34. The number of urea groups is 1. The number of hydrogen-bond acceptors (Lipinski definition) is 6. The van der Waals surface area contributed by atoms with Crippen molar-refractivity contribution in [3.8, 4) is 5.75 Å². The molecule has 0 unspecified atom stereocenters. The normalized spacial score (nSPS) is 10.1. The highest BCUT2D eigenvalue weighted by molar-refractivity contribution is 6.30. The van der Waals surface area contributed by atoms with Crippen LogP contribution in [-0.2, 0) is 27.3 Å². The van der Waals surface area contributed by atoms with Crippen molar-refractivity contribution in [3.05, 3.63) is 52.9 Å². The molecule has 2 N–H and O–H groups in total. The van der Waals surface area contributed by atoms with Crippen LogP contribution in [0.4, 0.5) is 4.79 Å². The zero-order valence-corrected chi connectivity index (χ0v) is 14.7. The van der Waals surface area contributed by atoms with Crippen molar-refractivity contribution in [3.63, 3.8) is 0 Å². The highest BCUT2D eigenvalue weighted by Crippen LogP contribution is 2.23. The monoisotopic (exact) mass is 380 g/mol. The van der Waals surface area contributed by atoms with Gasteiger partial charge in [-0.25, -0.2) is 4.79 Å². The third kappa shape index (κ3) is 6.14. The lowest BCUT2D eigenvalue weighted by atomic mass is 10.1. The van der Waals surface area contributed by atoms with Crippen LogP contribution in [0.25, 0.3) is 0 Å². The van der Waals surface area contributed by atoms with Crippen LogP contribution in [0.3, 0.4) is 0 Å². The number of esters is 1. The van der Waals surface area contributed by atoms with E-state index in [1.807, 2.05) is 5.32 Å². The summed E-state index contributed by atoms with van der Waals surface area (Å²) in [6, 6.07) is 7.45. The van der Waals surface area contributed by atoms with Gasteiger partial charge in [-0.3, -0.25) is 14.9 Å². The van der Waals surface area contributed by atoms with Gasteiger partial charge in [0.1, 0.15) is 11.5 Å². The smallest absolute Gasteiger partial charge is 0.321 e. The van der Waals surface area contributed by atoms with E-state index in [2.05, 4.69) is 5.32 Å². The molecular formula is C17H17ClN2O6. The van der Waals surface area contributed by atoms with Crippen LogP contribution in [0.2, 0.25) is 5.02 Å². The van der Waals surface area contributed by atoms with Crippen molar-refractivity contribution in [2.75, 3.05) is 13.7 Å². The summed E-state index contributed by atoms with van der Waals surface area (Å²) in [5, 5.41) is 4.91. The molecule has 0 bridgehead atoms. The molecule has 1 aromatic carbocycles. The number of rotatable bonds is 7. The van der Waals surface area contributed by atoms with E-state index >= 15 is 0 Å². The predicted molar refractivity (Wildman–Crippen MR) is 91.8 cm³/mol. The molecule has 0 aliphatic rings. The van der Waals surface area contributed by atoms with Crippen LogP contribution in [-0.4, -0.2) is 31.6 Å². The third-order valence-electron chi connectivity index (χ3n) is 3.20. The van der Waals surface area contributed by atoms with Gasteiger partial charge < -0.3 is 19.2 Å².